The van der Waals surface area contributed by atoms with Gasteiger partial charge in [0, 0.05) is 17.3 Å². The highest BCUT2D eigenvalue weighted by Crippen LogP contribution is 2.39. The average Bonchev–Trinajstić information content (AvgIpc) is 3.46. The molecule has 1 N–H and O–H groups in total. The number of aromatic nitrogens is 2. The molecule has 1 fully saturated rings. The van der Waals surface area contributed by atoms with Gasteiger partial charge in [0.25, 0.3) is 0 Å². The molecule has 1 aromatic carbocycles. The van der Waals surface area contributed by atoms with Crippen LogP contribution >= 0.6 is 11.3 Å². The van der Waals surface area contributed by atoms with Crippen LogP contribution in [0.1, 0.15) is 48.0 Å². The number of benzene rings is 1. The van der Waals surface area contributed by atoms with Crippen molar-refractivity contribution >= 4 is 28.1 Å². The highest BCUT2D eigenvalue weighted by molar-refractivity contribution is 7.19. The second-order valence-electron chi connectivity index (χ2n) is 7.36. The summed E-state index contributed by atoms with van der Waals surface area (Å²) in [5, 5.41) is 3.71. The molecule has 0 aliphatic heterocycles. The lowest BCUT2D eigenvalue weighted by Crippen LogP contribution is -2.17. The number of esters is 1. The van der Waals surface area contributed by atoms with Gasteiger partial charge in [-0.2, -0.15) is 0 Å². The Morgan fingerprint density at radius 1 is 1.23 bits per heavy atom. The minimum Gasteiger partial charge on any atom is -0.493 e. The number of hydrogen-bond donors (Lipinski definition) is 1. The van der Waals surface area contributed by atoms with E-state index < -0.39 is 0 Å². The van der Waals surface area contributed by atoms with Crippen molar-refractivity contribution in [2.75, 3.05) is 26.1 Å². The second kappa shape index (κ2) is 8.55. The fraction of sp³-hybridized carbons (Fsp3) is 0.455. The number of carbonyl (C=O) groups is 1. The fourth-order valence-electron chi connectivity index (χ4n) is 4.01. The number of nitrogens with zero attached hydrogens (tertiary/aromatic N) is 2. The standard InChI is InChI=1S/C22H27N3O4S/c1-5-29-21(26)19-13(2)25-20(23-15-8-6-7-9-15)18(24-22(25)30-19)14-10-11-16(27-3)17(12-14)28-4/h10-12,15,23H,5-9H2,1-4H3. The van der Waals surface area contributed by atoms with Crippen molar-refractivity contribution in [1.29, 1.82) is 0 Å². The minimum absolute atomic E-state index is 0.301. The Bertz CT molecular complexity index is 1070. The molecule has 1 saturated carbocycles. The molecule has 0 unspecified atom stereocenters. The molecule has 0 amide bonds. The molecular formula is C22H27N3O4S. The first-order valence-corrected chi connectivity index (χ1v) is 11.1. The number of fused-ring (bicyclic) bond motifs is 1. The molecule has 3 aromatic rings. The van der Waals surface area contributed by atoms with Gasteiger partial charge in [-0.1, -0.05) is 24.2 Å². The summed E-state index contributed by atoms with van der Waals surface area (Å²) in [5.41, 5.74) is 2.61. The van der Waals surface area contributed by atoms with Crippen molar-refractivity contribution in [3.63, 3.8) is 0 Å². The predicted octanol–water partition coefficient (Wildman–Crippen LogP) is 4.92. The molecule has 0 bridgehead atoms. The summed E-state index contributed by atoms with van der Waals surface area (Å²) in [7, 11) is 3.25. The Labute approximate surface area is 180 Å². The highest BCUT2D eigenvalue weighted by atomic mass is 32.1. The zero-order valence-electron chi connectivity index (χ0n) is 17.8. The van der Waals surface area contributed by atoms with Crippen molar-refractivity contribution in [2.45, 2.75) is 45.6 Å². The third-order valence-corrected chi connectivity index (χ3v) is 6.64. The smallest absolute Gasteiger partial charge is 0.350 e. The molecule has 160 valence electrons. The number of ether oxygens (including phenoxy) is 3. The van der Waals surface area contributed by atoms with Crippen molar-refractivity contribution < 1.29 is 19.0 Å². The predicted molar refractivity (Wildman–Crippen MR) is 118 cm³/mol. The zero-order chi connectivity index (χ0) is 21.3. The number of carbonyl (C=O) groups excluding carboxylic acids is 1. The summed E-state index contributed by atoms with van der Waals surface area (Å²) < 4.78 is 18.1. The van der Waals surface area contributed by atoms with Gasteiger partial charge < -0.3 is 19.5 Å². The largest absolute Gasteiger partial charge is 0.493 e. The van der Waals surface area contributed by atoms with Crippen LogP contribution in [0.3, 0.4) is 0 Å². The zero-order valence-corrected chi connectivity index (χ0v) is 18.6. The third-order valence-electron chi connectivity index (χ3n) is 5.52. The Morgan fingerprint density at radius 2 is 1.97 bits per heavy atom. The Morgan fingerprint density at radius 3 is 2.63 bits per heavy atom. The van der Waals surface area contributed by atoms with E-state index in [9.17, 15) is 4.79 Å². The number of aryl methyl sites for hydroxylation is 1. The van der Waals surface area contributed by atoms with Crippen LogP contribution in [-0.4, -0.2) is 42.2 Å². The van der Waals surface area contributed by atoms with E-state index in [1.54, 1.807) is 14.2 Å². The second-order valence-corrected chi connectivity index (χ2v) is 8.34. The molecule has 0 saturated heterocycles. The summed E-state index contributed by atoms with van der Waals surface area (Å²) >= 11 is 1.36. The van der Waals surface area contributed by atoms with Crippen LogP contribution in [0.5, 0.6) is 11.5 Å². The lowest BCUT2D eigenvalue weighted by molar-refractivity contribution is 0.0531. The molecule has 0 atom stereocenters. The minimum atomic E-state index is -0.301. The Balaban J connectivity index is 1.85. The lowest BCUT2D eigenvalue weighted by atomic mass is 10.1. The van der Waals surface area contributed by atoms with Crippen molar-refractivity contribution in [3.05, 3.63) is 28.8 Å². The number of imidazole rings is 1. The van der Waals surface area contributed by atoms with Crippen LogP contribution < -0.4 is 14.8 Å². The average molecular weight is 430 g/mol. The first kappa shape index (κ1) is 20.5. The number of anilines is 1. The van der Waals surface area contributed by atoms with E-state index in [2.05, 4.69) is 5.32 Å². The summed E-state index contributed by atoms with van der Waals surface area (Å²) in [4.78, 5) is 18.6. The number of rotatable bonds is 7. The van der Waals surface area contributed by atoms with Gasteiger partial charge in [0.05, 0.1) is 20.8 Å². The van der Waals surface area contributed by atoms with E-state index in [1.807, 2.05) is 36.4 Å². The first-order chi connectivity index (χ1) is 14.6. The van der Waals surface area contributed by atoms with E-state index in [0.29, 0.717) is 29.0 Å². The van der Waals surface area contributed by atoms with Gasteiger partial charge in [-0.05, 0) is 44.9 Å². The van der Waals surface area contributed by atoms with Crippen LogP contribution in [-0.2, 0) is 4.74 Å². The monoisotopic (exact) mass is 429 g/mol. The molecule has 0 spiro atoms. The molecule has 1 aliphatic rings. The SMILES string of the molecule is CCOC(=O)c1sc2nc(-c3ccc(OC)c(OC)c3)c(NC3CCCC3)n2c1C. The number of nitrogens with one attached hydrogen (secondary N) is 1. The normalized spacial score (nSPS) is 14.3. The quantitative estimate of drug-likeness (QED) is 0.538. The molecule has 1 aliphatic carbocycles. The first-order valence-electron chi connectivity index (χ1n) is 10.2. The molecule has 30 heavy (non-hydrogen) atoms. The van der Waals surface area contributed by atoms with Crippen molar-refractivity contribution in [3.8, 4) is 22.8 Å². The molecule has 7 nitrogen and oxygen atoms in total. The number of thiazole rings is 1. The molecule has 4 rings (SSSR count). The van der Waals surface area contributed by atoms with E-state index in [-0.39, 0.29) is 5.97 Å². The molecule has 0 radical (unpaired) electrons. The van der Waals surface area contributed by atoms with E-state index in [4.69, 9.17) is 19.2 Å². The van der Waals surface area contributed by atoms with Crippen molar-refractivity contribution in [2.24, 2.45) is 0 Å². The van der Waals surface area contributed by atoms with Crippen LogP contribution in [0.4, 0.5) is 5.82 Å². The van der Waals surface area contributed by atoms with Gasteiger partial charge in [-0.3, -0.25) is 4.40 Å². The van der Waals surface area contributed by atoms with Gasteiger partial charge >= 0.3 is 5.97 Å². The van der Waals surface area contributed by atoms with Crippen molar-refractivity contribution in [1.82, 2.24) is 9.38 Å². The van der Waals surface area contributed by atoms with E-state index in [0.717, 1.165) is 40.6 Å². The Kier molecular flexibility index (Phi) is 5.85. The van der Waals surface area contributed by atoms with Gasteiger partial charge in [-0.15, -0.1) is 0 Å². The van der Waals surface area contributed by atoms with Crippen LogP contribution in [0.2, 0.25) is 0 Å². The highest BCUT2D eigenvalue weighted by Gasteiger charge is 2.26. The maximum Gasteiger partial charge on any atom is 0.350 e. The maximum atomic E-state index is 12.4. The van der Waals surface area contributed by atoms with Gasteiger partial charge in [-0.25, -0.2) is 9.78 Å². The van der Waals surface area contributed by atoms with Crippen LogP contribution in [0, 0.1) is 6.92 Å². The topological polar surface area (TPSA) is 74.1 Å². The molecule has 2 aromatic heterocycles. The van der Waals surface area contributed by atoms with Crippen LogP contribution in [0.25, 0.3) is 16.2 Å². The summed E-state index contributed by atoms with van der Waals surface area (Å²) in [6, 6.07) is 6.20. The Hall–Kier alpha value is -2.74. The molecular weight excluding hydrogens is 402 g/mol. The van der Waals surface area contributed by atoms with E-state index >= 15 is 0 Å². The summed E-state index contributed by atoms with van der Waals surface area (Å²) in [6.07, 6.45) is 4.71. The summed E-state index contributed by atoms with van der Waals surface area (Å²) in [5.74, 6) is 1.94. The van der Waals surface area contributed by atoms with Gasteiger partial charge in [0.2, 0.25) is 0 Å². The molecule has 8 heteroatoms. The molecule has 2 heterocycles. The maximum absolute atomic E-state index is 12.4. The van der Waals surface area contributed by atoms with Crippen LogP contribution in [0.15, 0.2) is 18.2 Å². The van der Waals surface area contributed by atoms with Gasteiger partial charge in [0.1, 0.15) is 16.4 Å². The lowest BCUT2D eigenvalue weighted by Gasteiger charge is -2.16. The number of hydrogen-bond acceptors (Lipinski definition) is 7. The fourth-order valence-corrected chi connectivity index (χ4v) is 5.03. The van der Waals surface area contributed by atoms with Gasteiger partial charge in [0.15, 0.2) is 16.5 Å². The summed E-state index contributed by atoms with van der Waals surface area (Å²) in [6.45, 7) is 4.10. The van der Waals surface area contributed by atoms with E-state index in [1.165, 1.54) is 24.2 Å². The third kappa shape index (κ3) is 3.60. The number of methoxy groups -OCH3 is 2.